The van der Waals surface area contributed by atoms with Crippen LogP contribution >= 0.6 is 0 Å². The molecule has 2 heteroatoms. The standard InChI is InChI=1S/C16H27NO/c1-11(2)15(10-17-5)9-14-7-13(4)16(18-6)8-12(14)3/h7-8,11,15,17H,9-10H2,1-6H3. The van der Waals surface area contributed by atoms with E-state index in [1.807, 2.05) is 7.05 Å². The van der Waals surface area contributed by atoms with Crippen LogP contribution in [0.5, 0.6) is 5.75 Å². The van der Waals surface area contributed by atoms with Gasteiger partial charge in [0.2, 0.25) is 0 Å². The molecular weight excluding hydrogens is 222 g/mol. The van der Waals surface area contributed by atoms with Gasteiger partial charge in [-0.25, -0.2) is 0 Å². The van der Waals surface area contributed by atoms with Crippen molar-refractivity contribution in [2.45, 2.75) is 34.1 Å². The Labute approximate surface area is 112 Å². The zero-order valence-corrected chi connectivity index (χ0v) is 12.6. The van der Waals surface area contributed by atoms with E-state index in [0.717, 1.165) is 18.7 Å². The average Bonchev–Trinajstić information content (AvgIpc) is 2.32. The third-order valence-electron chi connectivity index (χ3n) is 3.74. The molecule has 1 unspecified atom stereocenters. The summed E-state index contributed by atoms with van der Waals surface area (Å²) in [7, 11) is 3.76. The zero-order valence-electron chi connectivity index (χ0n) is 12.6. The SMILES string of the molecule is CNCC(Cc1cc(C)c(OC)cc1C)C(C)C. The number of methoxy groups -OCH3 is 1. The molecule has 1 N–H and O–H groups in total. The van der Waals surface area contributed by atoms with E-state index in [1.54, 1.807) is 7.11 Å². The molecule has 0 aromatic heterocycles. The maximum absolute atomic E-state index is 5.37. The van der Waals surface area contributed by atoms with E-state index in [9.17, 15) is 0 Å². The molecule has 0 saturated carbocycles. The molecule has 1 rings (SSSR count). The Morgan fingerprint density at radius 3 is 2.33 bits per heavy atom. The summed E-state index contributed by atoms with van der Waals surface area (Å²) in [6.07, 6.45) is 1.13. The molecule has 0 amide bonds. The van der Waals surface area contributed by atoms with Gasteiger partial charge in [-0.2, -0.15) is 0 Å². The molecule has 0 fully saturated rings. The van der Waals surface area contributed by atoms with Crippen molar-refractivity contribution in [2.24, 2.45) is 11.8 Å². The molecule has 1 atom stereocenters. The van der Waals surface area contributed by atoms with Gasteiger partial charge in [-0.05, 0) is 68.5 Å². The number of hydrogen-bond donors (Lipinski definition) is 1. The Morgan fingerprint density at radius 2 is 1.83 bits per heavy atom. The molecule has 0 aliphatic rings. The quantitative estimate of drug-likeness (QED) is 0.835. The van der Waals surface area contributed by atoms with Gasteiger partial charge in [0.25, 0.3) is 0 Å². The molecule has 0 bridgehead atoms. The molecule has 18 heavy (non-hydrogen) atoms. The van der Waals surface area contributed by atoms with E-state index < -0.39 is 0 Å². The van der Waals surface area contributed by atoms with Crippen LogP contribution < -0.4 is 10.1 Å². The largest absolute Gasteiger partial charge is 0.496 e. The lowest BCUT2D eigenvalue weighted by atomic mass is 9.87. The Morgan fingerprint density at radius 1 is 1.17 bits per heavy atom. The predicted molar refractivity (Wildman–Crippen MR) is 78.4 cm³/mol. The van der Waals surface area contributed by atoms with E-state index >= 15 is 0 Å². The molecule has 0 saturated heterocycles. The normalized spacial score (nSPS) is 12.8. The summed E-state index contributed by atoms with van der Waals surface area (Å²) in [6.45, 7) is 9.96. The van der Waals surface area contributed by atoms with Crippen LogP contribution in [0.15, 0.2) is 12.1 Å². The second-order valence-electron chi connectivity index (χ2n) is 5.51. The lowest BCUT2D eigenvalue weighted by molar-refractivity contribution is 0.369. The van der Waals surface area contributed by atoms with Crippen LogP contribution in [0, 0.1) is 25.7 Å². The fourth-order valence-corrected chi connectivity index (χ4v) is 2.38. The van der Waals surface area contributed by atoms with Crippen molar-refractivity contribution in [1.82, 2.24) is 5.32 Å². The van der Waals surface area contributed by atoms with Crippen molar-refractivity contribution in [1.29, 1.82) is 0 Å². The molecule has 0 spiro atoms. The number of hydrogen-bond acceptors (Lipinski definition) is 2. The lowest BCUT2D eigenvalue weighted by Crippen LogP contribution is -2.25. The highest BCUT2D eigenvalue weighted by Crippen LogP contribution is 2.26. The molecule has 102 valence electrons. The predicted octanol–water partition coefficient (Wildman–Crippen LogP) is 3.35. The molecular formula is C16H27NO. The van der Waals surface area contributed by atoms with Crippen molar-refractivity contribution in [3.8, 4) is 5.75 Å². The van der Waals surface area contributed by atoms with Gasteiger partial charge >= 0.3 is 0 Å². The molecule has 0 aliphatic heterocycles. The zero-order chi connectivity index (χ0) is 13.7. The van der Waals surface area contributed by atoms with Crippen LogP contribution in [0.4, 0.5) is 0 Å². The minimum absolute atomic E-state index is 0.682. The highest BCUT2D eigenvalue weighted by Gasteiger charge is 2.15. The monoisotopic (exact) mass is 249 g/mol. The van der Waals surface area contributed by atoms with E-state index in [0.29, 0.717) is 11.8 Å². The summed E-state index contributed by atoms with van der Waals surface area (Å²) in [4.78, 5) is 0. The Kier molecular flexibility index (Phi) is 5.67. The smallest absolute Gasteiger partial charge is 0.122 e. The van der Waals surface area contributed by atoms with E-state index in [-0.39, 0.29) is 0 Å². The molecule has 0 aliphatic carbocycles. The molecule has 1 aromatic carbocycles. The number of nitrogens with one attached hydrogen (secondary N) is 1. The number of ether oxygens (including phenoxy) is 1. The van der Waals surface area contributed by atoms with Crippen LogP contribution in [0.2, 0.25) is 0 Å². The van der Waals surface area contributed by atoms with Crippen molar-refractivity contribution in [2.75, 3.05) is 20.7 Å². The second-order valence-corrected chi connectivity index (χ2v) is 5.51. The first-order valence-electron chi connectivity index (χ1n) is 6.78. The highest BCUT2D eigenvalue weighted by atomic mass is 16.5. The summed E-state index contributed by atoms with van der Waals surface area (Å²) in [5.41, 5.74) is 4.01. The van der Waals surface area contributed by atoms with E-state index in [2.05, 4.69) is 45.1 Å². The third kappa shape index (κ3) is 3.74. The summed E-state index contributed by atoms with van der Waals surface area (Å²) in [5, 5.41) is 3.30. The maximum atomic E-state index is 5.37. The first-order valence-corrected chi connectivity index (χ1v) is 6.78. The third-order valence-corrected chi connectivity index (χ3v) is 3.74. The minimum Gasteiger partial charge on any atom is -0.496 e. The van der Waals surface area contributed by atoms with Crippen LogP contribution in [-0.4, -0.2) is 20.7 Å². The van der Waals surface area contributed by atoms with Gasteiger partial charge in [0.1, 0.15) is 5.75 Å². The van der Waals surface area contributed by atoms with Crippen molar-refractivity contribution in [3.63, 3.8) is 0 Å². The molecule has 0 radical (unpaired) electrons. The first-order chi connectivity index (χ1) is 8.49. The van der Waals surface area contributed by atoms with Gasteiger partial charge in [0.05, 0.1) is 7.11 Å². The Bertz CT molecular complexity index is 385. The van der Waals surface area contributed by atoms with E-state index in [1.165, 1.54) is 16.7 Å². The van der Waals surface area contributed by atoms with Crippen LogP contribution in [0.1, 0.15) is 30.5 Å². The van der Waals surface area contributed by atoms with Gasteiger partial charge in [0.15, 0.2) is 0 Å². The summed E-state index contributed by atoms with van der Waals surface area (Å²) >= 11 is 0. The summed E-state index contributed by atoms with van der Waals surface area (Å²) in [6, 6.07) is 4.43. The summed E-state index contributed by atoms with van der Waals surface area (Å²) in [5.74, 6) is 2.37. The fourth-order valence-electron chi connectivity index (χ4n) is 2.38. The van der Waals surface area contributed by atoms with Gasteiger partial charge in [-0.1, -0.05) is 19.9 Å². The van der Waals surface area contributed by atoms with Crippen LogP contribution in [0.3, 0.4) is 0 Å². The highest BCUT2D eigenvalue weighted by molar-refractivity contribution is 5.41. The van der Waals surface area contributed by atoms with Crippen molar-refractivity contribution in [3.05, 3.63) is 28.8 Å². The lowest BCUT2D eigenvalue weighted by Gasteiger charge is -2.22. The second kappa shape index (κ2) is 6.79. The Hall–Kier alpha value is -1.02. The fraction of sp³-hybridized carbons (Fsp3) is 0.625. The van der Waals surface area contributed by atoms with E-state index in [4.69, 9.17) is 4.74 Å². The topological polar surface area (TPSA) is 21.3 Å². The molecule has 0 heterocycles. The van der Waals surface area contributed by atoms with Gasteiger partial charge < -0.3 is 10.1 Å². The maximum Gasteiger partial charge on any atom is 0.122 e. The van der Waals surface area contributed by atoms with Crippen LogP contribution in [-0.2, 0) is 6.42 Å². The average molecular weight is 249 g/mol. The number of rotatable bonds is 6. The Balaban J connectivity index is 2.92. The van der Waals surface area contributed by atoms with Crippen molar-refractivity contribution < 1.29 is 4.74 Å². The first kappa shape index (κ1) is 15.0. The van der Waals surface area contributed by atoms with Crippen LogP contribution in [0.25, 0.3) is 0 Å². The molecule has 2 nitrogen and oxygen atoms in total. The summed E-state index contributed by atoms with van der Waals surface area (Å²) < 4.78 is 5.37. The molecule has 1 aromatic rings. The van der Waals surface area contributed by atoms with Gasteiger partial charge in [0, 0.05) is 0 Å². The van der Waals surface area contributed by atoms with Gasteiger partial charge in [-0.15, -0.1) is 0 Å². The van der Waals surface area contributed by atoms with Gasteiger partial charge in [-0.3, -0.25) is 0 Å². The number of benzene rings is 1. The van der Waals surface area contributed by atoms with Crippen molar-refractivity contribution >= 4 is 0 Å². The number of aryl methyl sites for hydroxylation is 2. The minimum atomic E-state index is 0.682.